The van der Waals surface area contributed by atoms with Gasteiger partial charge in [0.1, 0.15) is 0 Å². The highest BCUT2D eigenvalue weighted by Crippen LogP contribution is 2.09. The first-order valence-corrected chi connectivity index (χ1v) is 7.42. The maximum absolute atomic E-state index is 3.55. The monoisotopic (exact) mass is 242 g/mol. The third-order valence-electron chi connectivity index (χ3n) is 3.80. The molecule has 0 saturated carbocycles. The second-order valence-corrected chi connectivity index (χ2v) is 5.82. The molecule has 0 radical (unpaired) electrons. The van der Waals surface area contributed by atoms with Crippen LogP contribution in [0.15, 0.2) is 0 Å². The van der Waals surface area contributed by atoms with E-state index >= 15 is 0 Å². The van der Waals surface area contributed by atoms with Gasteiger partial charge in [-0.2, -0.15) is 0 Å². The summed E-state index contributed by atoms with van der Waals surface area (Å²) in [4.78, 5) is 2.49. The van der Waals surface area contributed by atoms with Crippen molar-refractivity contribution in [3.63, 3.8) is 0 Å². The molecule has 2 nitrogen and oxygen atoms in total. The molecule has 0 fully saturated rings. The van der Waals surface area contributed by atoms with E-state index in [-0.39, 0.29) is 0 Å². The van der Waals surface area contributed by atoms with Gasteiger partial charge in [-0.15, -0.1) is 0 Å². The maximum Gasteiger partial charge on any atom is 0.00868 e. The van der Waals surface area contributed by atoms with Crippen molar-refractivity contribution in [1.29, 1.82) is 0 Å². The van der Waals surface area contributed by atoms with Crippen molar-refractivity contribution in [2.75, 3.05) is 20.1 Å². The van der Waals surface area contributed by atoms with Crippen LogP contribution in [0.25, 0.3) is 0 Å². The predicted octanol–water partition coefficient (Wildman–Crippen LogP) is 3.52. The number of nitrogens with zero attached hydrogens (tertiary/aromatic N) is 1. The number of hydrogen-bond acceptors (Lipinski definition) is 2. The van der Waals surface area contributed by atoms with Crippen molar-refractivity contribution in [3.8, 4) is 0 Å². The van der Waals surface area contributed by atoms with Gasteiger partial charge in [0.2, 0.25) is 0 Å². The second-order valence-electron chi connectivity index (χ2n) is 5.82. The van der Waals surface area contributed by atoms with Crippen molar-refractivity contribution in [2.45, 2.75) is 72.4 Å². The average Bonchev–Trinajstić information content (AvgIpc) is 2.30. The van der Waals surface area contributed by atoms with E-state index in [0.717, 1.165) is 12.5 Å². The Bertz CT molecular complexity index is 168. The molecule has 2 atom stereocenters. The molecule has 2 heteroatoms. The van der Waals surface area contributed by atoms with Gasteiger partial charge < -0.3 is 10.2 Å². The minimum absolute atomic E-state index is 0.683. The Labute approximate surface area is 109 Å². The SMILES string of the molecule is CCCNC(C)CCCCN(C)C(C)C(C)C. The lowest BCUT2D eigenvalue weighted by molar-refractivity contribution is 0.203. The molecule has 104 valence electrons. The molecule has 0 rings (SSSR count). The van der Waals surface area contributed by atoms with Gasteiger partial charge in [-0.1, -0.05) is 27.2 Å². The van der Waals surface area contributed by atoms with Crippen LogP contribution in [0.1, 0.15) is 60.3 Å². The summed E-state index contributed by atoms with van der Waals surface area (Å²) < 4.78 is 0. The fourth-order valence-electron chi connectivity index (χ4n) is 2.02. The Morgan fingerprint density at radius 2 is 1.71 bits per heavy atom. The Hall–Kier alpha value is -0.0800. The molecule has 0 aromatic heterocycles. The summed E-state index contributed by atoms with van der Waals surface area (Å²) in [6.07, 6.45) is 5.21. The van der Waals surface area contributed by atoms with Gasteiger partial charge in [0.15, 0.2) is 0 Å². The highest BCUT2D eigenvalue weighted by molar-refractivity contribution is 4.67. The fourth-order valence-corrected chi connectivity index (χ4v) is 2.02. The normalized spacial score (nSPS) is 15.5. The maximum atomic E-state index is 3.55. The van der Waals surface area contributed by atoms with Crippen molar-refractivity contribution in [2.24, 2.45) is 5.92 Å². The average molecular weight is 242 g/mol. The lowest BCUT2D eigenvalue weighted by atomic mass is 10.0. The standard InChI is InChI=1S/C15H34N2/c1-7-11-16-14(4)10-8-9-12-17(6)15(5)13(2)3/h13-16H,7-12H2,1-6H3. The number of unbranched alkanes of at least 4 members (excludes halogenated alkanes) is 1. The molecule has 17 heavy (non-hydrogen) atoms. The first kappa shape index (κ1) is 16.9. The van der Waals surface area contributed by atoms with Crippen LogP contribution in [-0.2, 0) is 0 Å². The number of nitrogens with one attached hydrogen (secondary N) is 1. The first-order valence-electron chi connectivity index (χ1n) is 7.42. The Morgan fingerprint density at radius 3 is 2.24 bits per heavy atom. The molecule has 0 aromatic carbocycles. The highest BCUT2D eigenvalue weighted by atomic mass is 15.1. The van der Waals surface area contributed by atoms with E-state index in [0.29, 0.717) is 12.1 Å². The highest BCUT2D eigenvalue weighted by Gasteiger charge is 2.12. The molecular formula is C15H34N2. The summed E-state index contributed by atoms with van der Waals surface area (Å²) in [5, 5.41) is 3.55. The van der Waals surface area contributed by atoms with Gasteiger partial charge in [-0.05, 0) is 59.2 Å². The number of rotatable bonds is 10. The topological polar surface area (TPSA) is 15.3 Å². The molecule has 0 aliphatic heterocycles. The fraction of sp³-hybridized carbons (Fsp3) is 1.00. The molecule has 0 spiro atoms. The van der Waals surface area contributed by atoms with Gasteiger partial charge >= 0.3 is 0 Å². The second kappa shape index (κ2) is 9.90. The zero-order valence-electron chi connectivity index (χ0n) is 12.9. The summed E-state index contributed by atoms with van der Waals surface area (Å²) in [6, 6.07) is 1.38. The van der Waals surface area contributed by atoms with E-state index < -0.39 is 0 Å². The number of hydrogen-bond donors (Lipinski definition) is 1. The largest absolute Gasteiger partial charge is 0.314 e. The smallest absolute Gasteiger partial charge is 0.00868 e. The van der Waals surface area contributed by atoms with Crippen LogP contribution >= 0.6 is 0 Å². The summed E-state index contributed by atoms with van der Waals surface area (Å²) in [6.45, 7) is 13.9. The van der Waals surface area contributed by atoms with Crippen LogP contribution in [0.4, 0.5) is 0 Å². The molecule has 0 saturated heterocycles. The zero-order valence-corrected chi connectivity index (χ0v) is 12.9. The van der Waals surface area contributed by atoms with Crippen molar-refractivity contribution >= 4 is 0 Å². The van der Waals surface area contributed by atoms with Crippen LogP contribution in [0, 0.1) is 5.92 Å². The van der Waals surface area contributed by atoms with Crippen molar-refractivity contribution < 1.29 is 0 Å². The van der Waals surface area contributed by atoms with Crippen molar-refractivity contribution in [3.05, 3.63) is 0 Å². The molecular weight excluding hydrogens is 208 g/mol. The van der Waals surface area contributed by atoms with Crippen LogP contribution in [0.5, 0.6) is 0 Å². The summed E-state index contributed by atoms with van der Waals surface area (Å²) in [5.74, 6) is 0.755. The minimum Gasteiger partial charge on any atom is -0.314 e. The first-order chi connectivity index (χ1) is 7.99. The van der Waals surface area contributed by atoms with Crippen molar-refractivity contribution in [1.82, 2.24) is 10.2 Å². The Morgan fingerprint density at radius 1 is 1.06 bits per heavy atom. The third-order valence-corrected chi connectivity index (χ3v) is 3.80. The quantitative estimate of drug-likeness (QED) is 0.590. The zero-order chi connectivity index (χ0) is 13.3. The molecule has 0 aliphatic rings. The van der Waals surface area contributed by atoms with E-state index in [1.807, 2.05) is 0 Å². The Kier molecular flexibility index (Phi) is 9.85. The van der Waals surface area contributed by atoms with Crippen LogP contribution in [0.3, 0.4) is 0 Å². The Balaban J connectivity index is 3.50. The minimum atomic E-state index is 0.683. The third kappa shape index (κ3) is 8.62. The van der Waals surface area contributed by atoms with Gasteiger partial charge in [0.25, 0.3) is 0 Å². The van der Waals surface area contributed by atoms with Crippen LogP contribution in [-0.4, -0.2) is 37.1 Å². The van der Waals surface area contributed by atoms with E-state index in [2.05, 4.69) is 51.9 Å². The molecule has 0 amide bonds. The molecule has 1 N–H and O–H groups in total. The van der Waals surface area contributed by atoms with Gasteiger partial charge in [-0.25, -0.2) is 0 Å². The molecule has 0 aliphatic carbocycles. The van der Waals surface area contributed by atoms with Crippen LogP contribution < -0.4 is 5.32 Å². The lowest BCUT2D eigenvalue weighted by Crippen LogP contribution is -2.34. The van der Waals surface area contributed by atoms with E-state index in [1.54, 1.807) is 0 Å². The molecule has 0 aromatic rings. The molecule has 0 bridgehead atoms. The molecule has 2 unspecified atom stereocenters. The van der Waals surface area contributed by atoms with Gasteiger partial charge in [0, 0.05) is 12.1 Å². The van der Waals surface area contributed by atoms with Crippen LogP contribution in [0.2, 0.25) is 0 Å². The summed E-state index contributed by atoms with van der Waals surface area (Å²) in [5.41, 5.74) is 0. The lowest BCUT2D eigenvalue weighted by Gasteiger charge is -2.27. The van der Waals surface area contributed by atoms with Gasteiger partial charge in [0.05, 0.1) is 0 Å². The summed E-state index contributed by atoms with van der Waals surface area (Å²) >= 11 is 0. The van der Waals surface area contributed by atoms with E-state index in [1.165, 1.54) is 32.2 Å². The summed E-state index contributed by atoms with van der Waals surface area (Å²) in [7, 11) is 2.25. The predicted molar refractivity (Wildman–Crippen MR) is 78.5 cm³/mol. The van der Waals surface area contributed by atoms with E-state index in [4.69, 9.17) is 0 Å². The molecule has 0 heterocycles. The van der Waals surface area contributed by atoms with Gasteiger partial charge in [-0.3, -0.25) is 0 Å². The van der Waals surface area contributed by atoms with E-state index in [9.17, 15) is 0 Å².